The molecule has 1 saturated carbocycles. The zero-order chi connectivity index (χ0) is 19.6. The SMILES string of the molecule is CCCCCNC(=O)C1CCC(C(=O)Nc2ccc(C(=O)OC)cc2)CC1. The number of carbonyl (C=O) groups excluding carboxylic acids is 3. The maximum atomic E-state index is 12.5. The maximum Gasteiger partial charge on any atom is 0.337 e. The van der Waals surface area contributed by atoms with Gasteiger partial charge in [0, 0.05) is 24.1 Å². The number of anilines is 1. The van der Waals surface area contributed by atoms with Crippen molar-refractivity contribution in [2.45, 2.75) is 51.9 Å². The van der Waals surface area contributed by atoms with E-state index >= 15 is 0 Å². The Labute approximate surface area is 161 Å². The molecule has 1 fully saturated rings. The fourth-order valence-electron chi connectivity index (χ4n) is 3.40. The van der Waals surface area contributed by atoms with Gasteiger partial charge in [0.05, 0.1) is 12.7 Å². The molecule has 0 aliphatic heterocycles. The molecule has 148 valence electrons. The summed E-state index contributed by atoms with van der Waals surface area (Å²) in [6, 6.07) is 6.64. The van der Waals surface area contributed by atoms with Crippen LogP contribution < -0.4 is 10.6 Å². The first-order chi connectivity index (χ1) is 13.0. The van der Waals surface area contributed by atoms with Crippen molar-refractivity contribution in [1.29, 1.82) is 0 Å². The minimum absolute atomic E-state index is 0.0232. The second-order valence-corrected chi connectivity index (χ2v) is 7.10. The number of carbonyl (C=O) groups is 3. The van der Waals surface area contributed by atoms with Crippen LogP contribution in [0.1, 0.15) is 62.2 Å². The number of benzene rings is 1. The highest BCUT2D eigenvalue weighted by Crippen LogP contribution is 2.30. The van der Waals surface area contributed by atoms with E-state index in [1.807, 2.05) is 0 Å². The van der Waals surface area contributed by atoms with Gasteiger partial charge in [-0.05, 0) is 56.4 Å². The molecule has 0 heterocycles. The molecule has 0 saturated heterocycles. The monoisotopic (exact) mass is 374 g/mol. The quantitative estimate of drug-likeness (QED) is 0.538. The summed E-state index contributed by atoms with van der Waals surface area (Å²) in [6.07, 6.45) is 6.24. The third-order valence-corrected chi connectivity index (χ3v) is 5.12. The first-order valence-electron chi connectivity index (χ1n) is 9.82. The van der Waals surface area contributed by atoms with Crippen molar-refractivity contribution in [3.8, 4) is 0 Å². The second kappa shape index (κ2) is 10.7. The highest BCUT2D eigenvalue weighted by molar-refractivity contribution is 5.94. The van der Waals surface area contributed by atoms with Crippen LogP contribution in [0.5, 0.6) is 0 Å². The van der Waals surface area contributed by atoms with Crippen LogP contribution in [0.3, 0.4) is 0 Å². The summed E-state index contributed by atoms with van der Waals surface area (Å²) in [5.74, 6) is -0.352. The molecular formula is C21H30N2O4. The van der Waals surface area contributed by atoms with Gasteiger partial charge in [0.1, 0.15) is 0 Å². The molecule has 1 aromatic carbocycles. The average molecular weight is 374 g/mol. The van der Waals surface area contributed by atoms with Gasteiger partial charge in [-0.2, -0.15) is 0 Å². The molecule has 1 aliphatic carbocycles. The fourth-order valence-corrected chi connectivity index (χ4v) is 3.40. The summed E-state index contributed by atoms with van der Waals surface area (Å²) in [5.41, 5.74) is 1.10. The van der Waals surface area contributed by atoms with E-state index in [0.717, 1.165) is 51.5 Å². The lowest BCUT2D eigenvalue weighted by Gasteiger charge is -2.27. The summed E-state index contributed by atoms with van der Waals surface area (Å²) >= 11 is 0. The summed E-state index contributed by atoms with van der Waals surface area (Å²) in [5, 5.41) is 5.91. The van der Waals surface area contributed by atoms with Gasteiger partial charge in [-0.25, -0.2) is 4.79 Å². The second-order valence-electron chi connectivity index (χ2n) is 7.10. The molecule has 1 aromatic rings. The zero-order valence-corrected chi connectivity index (χ0v) is 16.3. The molecule has 6 nitrogen and oxygen atoms in total. The molecule has 6 heteroatoms. The van der Waals surface area contributed by atoms with Crippen molar-refractivity contribution in [1.82, 2.24) is 5.32 Å². The van der Waals surface area contributed by atoms with Gasteiger partial charge in [0.15, 0.2) is 0 Å². The molecule has 27 heavy (non-hydrogen) atoms. The highest BCUT2D eigenvalue weighted by atomic mass is 16.5. The minimum atomic E-state index is -0.404. The third-order valence-electron chi connectivity index (χ3n) is 5.12. The lowest BCUT2D eigenvalue weighted by Crippen LogP contribution is -2.35. The Morgan fingerprint density at radius 1 is 0.963 bits per heavy atom. The standard InChI is InChI=1S/C21H30N2O4/c1-3-4-5-14-22-19(24)15-6-8-16(9-7-15)20(25)23-18-12-10-17(11-13-18)21(26)27-2/h10-13,15-16H,3-9,14H2,1-2H3,(H,22,24)(H,23,25). The number of hydrogen-bond donors (Lipinski definition) is 2. The van der Waals surface area contributed by atoms with E-state index in [2.05, 4.69) is 22.3 Å². The molecule has 0 bridgehead atoms. The van der Waals surface area contributed by atoms with E-state index in [-0.39, 0.29) is 23.7 Å². The molecule has 0 radical (unpaired) electrons. The van der Waals surface area contributed by atoms with Crippen molar-refractivity contribution in [2.24, 2.45) is 11.8 Å². The van der Waals surface area contributed by atoms with E-state index < -0.39 is 5.97 Å². The van der Waals surface area contributed by atoms with Gasteiger partial charge in [-0.3, -0.25) is 9.59 Å². The summed E-state index contributed by atoms with van der Waals surface area (Å²) in [6.45, 7) is 2.89. The minimum Gasteiger partial charge on any atom is -0.465 e. The lowest BCUT2D eigenvalue weighted by molar-refractivity contribution is -0.128. The van der Waals surface area contributed by atoms with Crippen LogP contribution in [-0.4, -0.2) is 31.4 Å². The fraction of sp³-hybridized carbons (Fsp3) is 0.571. The van der Waals surface area contributed by atoms with Gasteiger partial charge < -0.3 is 15.4 Å². The van der Waals surface area contributed by atoms with Crippen molar-refractivity contribution in [3.05, 3.63) is 29.8 Å². The van der Waals surface area contributed by atoms with Gasteiger partial charge >= 0.3 is 5.97 Å². The van der Waals surface area contributed by atoms with E-state index in [1.54, 1.807) is 24.3 Å². The largest absolute Gasteiger partial charge is 0.465 e. The Balaban J connectivity index is 1.76. The molecule has 2 amide bonds. The van der Waals surface area contributed by atoms with Crippen LogP contribution in [0.15, 0.2) is 24.3 Å². The Kier molecular flexibility index (Phi) is 8.30. The van der Waals surface area contributed by atoms with Crippen LogP contribution in [0.25, 0.3) is 0 Å². The average Bonchev–Trinajstić information content (AvgIpc) is 2.71. The number of hydrogen-bond acceptors (Lipinski definition) is 4. The zero-order valence-electron chi connectivity index (χ0n) is 16.3. The maximum absolute atomic E-state index is 12.5. The summed E-state index contributed by atoms with van der Waals surface area (Å²) < 4.78 is 4.66. The van der Waals surface area contributed by atoms with Crippen molar-refractivity contribution in [3.63, 3.8) is 0 Å². The van der Waals surface area contributed by atoms with E-state index in [4.69, 9.17) is 0 Å². The molecular weight excluding hydrogens is 344 g/mol. The van der Waals surface area contributed by atoms with Gasteiger partial charge in [0.25, 0.3) is 0 Å². The van der Waals surface area contributed by atoms with Crippen LogP contribution in [0.4, 0.5) is 5.69 Å². The Morgan fingerprint density at radius 2 is 1.56 bits per heavy atom. The van der Waals surface area contributed by atoms with Crippen LogP contribution in [0.2, 0.25) is 0 Å². The smallest absolute Gasteiger partial charge is 0.337 e. The van der Waals surface area contributed by atoms with Crippen molar-refractivity contribution in [2.75, 3.05) is 19.0 Å². The predicted octanol–water partition coefficient (Wildman–Crippen LogP) is 3.52. The summed E-state index contributed by atoms with van der Waals surface area (Å²) in [4.78, 5) is 36.1. The van der Waals surface area contributed by atoms with Crippen LogP contribution in [0, 0.1) is 11.8 Å². The van der Waals surface area contributed by atoms with E-state index in [9.17, 15) is 14.4 Å². The first-order valence-corrected chi connectivity index (χ1v) is 9.82. The van der Waals surface area contributed by atoms with Crippen molar-refractivity contribution >= 4 is 23.5 Å². The van der Waals surface area contributed by atoms with E-state index in [0.29, 0.717) is 11.3 Å². The normalized spacial score (nSPS) is 19.2. The number of amides is 2. The van der Waals surface area contributed by atoms with Gasteiger partial charge in [-0.1, -0.05) is 19.8 Å². The van der Waals surface area contributed by atoms with Gasteiger partial charge in [-0.15, -0.1) is 0 Å². The number of unbranched alkanes of at least 4 members (excludes halogenated alkanes) is 2. The molecule has 2 rings (SSSR count). The summed E-state index contributed by atoms with van der Waals surface area (Å²) in [7, 11) is 1.33. The molecule has 2 N–H and O–H groups in total. The molecule has 0 aromatic heterocycles. The molecule has 0 unspecified atom stereocenters. The highest BCUT2D eigenvalue weighted by Gasteiger charge is 2.29. The topological polar surface area (TPSA) is 84.5 Å². The molecule has 0 atom stereocenters. The van der Waals surface area contributed by atoms with Crippen LogP contribution in [-0.2, 0) is 14.3 Å². The Hall–Kier alpha value is -2.37. The van der Waals surface area contributed by atoms with Gasteiger partial charge in [0.2, 0.25) is 11.8 Å². The number of ether oxygens (including phenoxy) is 1. The van der Waals surface area contributed by atoms with Crippen molar-refractivity contribution < 1.29 is 19.1 Å². The Morgan fingerprint density at radius 3 is 2.11 bits per heavy atom. The number of esters is 1. The predicted molar refractivity (Wildman–Crippen MR) is 104 cm³/mol. The molecule has 1 aliphatic rings. The number of methoxy groups -OCH3 is 1. The number of rotatable bonds is 8. The Bertz CT molecular complexity index is 634. The number of nitrogens with one attached hydrogen (secondary N) is 2. The molecule has 0 spiro atoms. The van der Waals surface area contributed by atoms with E-state index in [1.165, 1.54) is 7.11 Å². The third kappa shape index (κ3) is 6.38. The van der Waals surface area contributed by atoms with Crippen LogP contribution >= 0.6 is 0 Å². The lowest BCUT2D eigenvalue weighted by atomic mass is 9.81. The first kappa shape index (κ1) is 20.9.